The van der Waals surface area contributed by atoms with E-state index in [1.165, 1.54) is 0 Å². The van der Waals surface area contributed by atoms with Gasteiger partial charge in [0.05, 0.1) is 6.61 Å². The van der Waals surface area contributed by atoms with E-state index in [2.05, 4.69) is 9.97 Å². The van der Waals surface area contributed by atoms with E-state index in [9.17, 15) is 20.1 Å². The van der Waals surface area contributed by atoms with Crippen LogP contribution in [0.1, 0.15) is 6.23 Å². The van der Waals surface area contributed by atoms with Gasteiger partial charge in [-0.3, -0.25) is 4.57 Å². The standard InChI is InChI=1S/C8H12N4O5/c9-7-10-2-12(8(16)11-7)6-5(15)4(14)3(13)1-17-6/h2-6,13-15H,1H2,(H2,9,11,16)/t3-,4-,5+,6-/m1/s1. The molecule has 1 saturated heterocycles. The Labute approximate surface area is 95.1 Å². The van der Waals surface area contributed by atoms with Crippen LogP contribution < -0.4 is 11.4 Å². The Morgan fingerprint density at radius 2 is 2.12 bits per heavy atom. The number of nitrogens with zero attached hydrogens (tertiary/aromatic N) is 3. The van der Waals surface area contributed by atoms with Gasteiger partial charge in [0.25, 0.3) is 0 Å². The molecular weight excluding hydrogens is 232 g/mol. The maximum absolute atomic E-state index is 11.5. The first kappa shape index (κ1) is 11.9. The molecule has 9 nitrogen and oxygen atoms in total. The minimum absolute atomic E-state index is 0.197. The second kappa shape index (κ2) is 4.37. The number of rotatable bonds is 1. The van der Waals surface area contributed by atoms with E-state index in [0.717, 1.165) is 10.9 Å². The fourth-order valence-corrected chi connectivity index (χ4v) is 1.57. The van der Waals surface area contributed by atoms with Gasteiger partial charge >= 0.3 is 5.69 Å². The molecular formula is C8H12N4O5. The smallest absolute Gasteiger partial charge is 0.354 e. The summed E-state index contributed by atoms with van der Waals surface area (Å²) in [5.41, 5.74) is 4.45. The number of aliphatic hydroxyl groups excluding tert-OH is 3. The summed E-state index contributed by atoms with van der Waals surface area (Å²) in [6, 6.07) is 0. The molecule has 0 radical (unpaired) electrons. The zero-order valence-electron chi connectivity index (χ0n) is 8.67. The number of aromatic nitrogens is 3. The van der Waals surface area contributed by atoms with Crippen molar-refractivity contribution in [2.45, 2.75) is 24.5 Å². The van der Waals surface area contributed by atoms with Crippen LogP contribution in [0.2, 0.25) is 0 Å². The first-order valence-electron chi connectivity index (χ1n) is 4.87. The predicted molar refractivity (Wildman–Crippen MR) is 53.7 cm³/mol. The molecule has 1 aliphatic heterocycles. The SMILES string of the molecule is Nc1ncn([C@@H]2OC[C@@H](O)[C@@H](O)[C@@H]2O)c(=O)n1. The molecule has 0 saturated carbocycles. The van der Waals surface area contributed by atoms with Gasteiger partial charge in [-0.1, -0.05) is 0 Å². The number of aliphatic hydroxyl groups is 3. The summed E-state index contributed by atoms with van der Waals surface area (Å²) in [6.45, 7) is -0.209. The molecule has 0 aliphatic carbocycles. The molecule has 94 valence electrons. The molecule has 4 atom stereocenters. The van der Waals surface area contributed by atoms with Gasteiger partial charge in [0.1, 0.15) is 24.6 Å². The average Bonchev–Trinajstić information content (AvgIpc) is 2.28. The summed E-state index contributed by atoms with van der Waals surface area (Å²) in [7, 11) is 0. The number of hydrogen-bond acceptors (Lipinski definition) is 8. The van der Waals surface area contributed by atoms with Crippen molar-refractivity contribution in [2.75, 3.05) is 12.3 Å². The Bertz CT molecular complexity index is 463. The van der Waals surface area contributed by atoms with E-state index < -0.39 is 30.2 Å². The summed E-state index contributed by atoms with van der Waals surface area (Å²) in [6.07, 6.45) is -4.15. The lowest BCUT2D eigenvalue weighted by atomic mass is 10.0. The number of hydrogen-bond donors (Lipinski definition) is 4. The van der Waals surface area contributed by atoms with Crippen LogP contribution in [-0.2, 0) is 4.74 Å². The van der Waals surface area contributed by atoms with Crippen molar-refractivity contribution in [1.82, 2.24) is 14.5 Å². The van der Waals surface area contributed by atoms with Crippen LogP contribution in [-0.4, -0.2) is 54.8 Å². The molecule has 1 aliphatic rings. The Kier molecular flexibility index (Phi) is 3.07. The lowest BCUT2D eigenvalue weighted by Crippen LogP contribution is -2.52. The topological polar surface area (TPSA) is 144 Å². The highest BCUT2D eigenvalue weighted by Gasteiger charge is 2.39. The lowest BCUT2D eigenvalue weighted by molar-refractivity contribution is -0.212. The van der Waals surface area contributed by atoms with Crippen molar-refractivity contribution in [3.05, 3.63) is 16.8 Å². The van der Waals surface area contributed by atoms with Crippen LogP contribution in [0.15, 0.2) is 11.1 Å². The Morgan fingerprint density at radius 3 is 2.76 bits per heavy atom. The second-order valence-corrected chi connectivity index (χ2v) is 3.68. The maximum atomic E-state index is 11.5. The lowest BCUT2D eigenvalue weighted by Gasteiger charge is -2.35. The zero-order chi connectivity index (χ0) is 12.6. The van der Waals surface area contributed by atoms with Crippen molar-refractivity contribution in [1.29, 1.82) is 0 Å². The van der Waals surface area contributed by atoms with Gasteiger partial charge in [0.15, 0.2) is 6.23 Å². The van der Waals surface area contributed by atoms with Crippen molar-refractivity contribution in [3.8, 4) is 0 Å². The molecule has 1 aromatic rings. The van der Waals surface area contributed by atoms with Gasteiger partial charge in [-0.05, 0) is 0 Å². The molecule has 1 aromatic heterocycles. The van der Waals surface area contributed by atoms with Gasteiger partial charge in [0.2, 0.25) is 5.95 Å². The highest BCUT2D eigenvalue weighted by atomic mass is 16.5. The molecule has 2 heterocycles. The molecule has 17 heavy (non-hydrogen) atoms. The van der Waals surface area contributed by atoms with Gasteiger partial charge < -0.3 is 25.8 Å². The van der Waals surface area contributed by atoms with Crippen LogP contribution in [0.25, 0.3) is 0 Å². The molecule has 2 rings (SSSR count). The number of nitrogens with two attached hydrogens (primary N) is 1. The second-order valence-electron chi connectivity index (χ2n) is 3.68. The summed E-state index contributed by atoms with van der Waals surface area (Å²) in [4.78, 5) is 18.4. The molecule has 0 spiro atoms. The van der Waals surface area contributed by atoms with Crippen molar-refractivity contribution < 1.29 is 20.1 Å². The number of anilines is 1. The number of ether oxygens (including phenoxy) is 1. The van der Waals surface area contributed by atoms with Crippen LogP contribution in [0.3, 0.4) is 0 Å². The highest BCUT2D eigenvalue weighted by molar-refractivity contribution is 5.10. The van der Waals surface area contributed by atoms with Crippen LogP contribution in [0.5, 0.6) is 0 Å². The zero-order valence-corrected chi connectivity index (χ0v) is 8.67. The molecule has 0 amide bonds. The molecule has 0 bridgehead atoms. The predicted octanol–water partition coefficient (Wildman–Crippen LogP) is -3.17. The normalized spacial score (nSPS) is 33.6. The van der Waals surface area contributed by atoms with Gasteiger partial charge in [0, 0.05) is 0 Å². The van der Waals surface area contributed by atoms with Crippen molar-refractivity contribution in [3.63, 3.8) is 0 Å². The molecule has 5 N–H and O–H groups in total. The van der Waals surface area contributed by atoms with Crippen LogP contribution >= 0.6 is 0 Å². The van der Waals surface area contributed by atoms with E-state index in [1.807, 2.05) is 0 Å². The Balaban J connectivity index is 2.31. The van der Waals surface area contributed by atoms with Gasteiger partial charge in [-0.2, -0.15) is 4.98 Å². The van der Waals surface area contributed by atoms with E-state index in [0.29, 0.717) is 0 Å². The average molecular weight is 244 g/mol. The third kappa shape index (κ3) is 2.13. The molecule has 0 aromatic carbocycles. The fraction of sp³-hybridized carbons (Fsp3) is 0.625. The largest absolute Gasteiger partial charge is 0.388 e. The third-order valence-corrected chi connectivity index (χ3v) is 2.49. The van der Waals surface area contributed by atoms with E-state index >= 15 is 0 Å². The van der Waals surface area contributed by atoms with E-state index in [-0.39, 0.29) is 12.6 Å². The van der Waals surface area contributed by atoms with Gasteiger partial charge in [-0.15, -0.1) is 0 Å². The maximum Gasteiger partial charge on any atom is 0.354 e. The molecule has 0 unspecified atom stereocenters. The summed E-state index contributed by atoms with van der Waals surface area (Å²) >= 11 is 0. The highest BCUT2D eigenvalue weighted by Crippen LogP contribution is 2.22. The quantitative estimate of drug-likeness (QED) is 0.405. The Morgan fingerprint density at radius 1 is 1.41 bits per heavy atom. The van der Waals surface area contributed by atoms with Crippen molar-refractivity contribution in [2.24, 2.45) is 0 Å². The Hall–Kier alpha value is -1.55. The van der Waals surface area contributed by atoms with Crippen molar-refractivity contribution >= 4 is 5.95 Å². The van der Waals surface area contributed by atoms with Crippen LogP contribution in [0.4, 0.5) is 5.95 Å². The van der Waals surface area contributed by atoms with E-state index in [4.69, 9.17) is 10.5 Å². The summed E-state index contributed by atoms with van der Waals surface area (Å²) in [5, 5.41) is 28.4. The number of nitrogen functional groups attached to an aromatic ring is 1. The summed E-state index contributed by atoms with van der Waals surface area (Å²) < 4.78 is 5.96. The van der Waals surface area contributed by atoms with E-state index in [1.54, 1.807) is 0 Å². The molecule has 9 heteroatoms. The van der Waals surface area contributed by atoms with Gasteiger partial charge in [-0.25, -0.2) is 9.78 Å². The fourth-order valence-electron chi connectivity index (χ4n) is 1.57. The summed E-state index contributed by atoms with van der Waals surface area (Å²) in [5.74, 6) is -0.197. The van der Waals surface area contributed by atoms with Crippen LogP contribution in [0, 0.1) is 0 Å². The third-order valence-electron chi connectivity index (χ3n) is 2.49. The molecule has 1 fully saturated rings. The first-order valence-corrected chi connectivity index (χ1v) is 4.87. The minimum atomic E-state index is -1.45. The minimum Gasteiger partial charge on any atom is -0.388 e. The first-order chi connectivity index (χ1) is 8.00. The monoisotopic (exact) mass is 244 g/mol.